The van der Waals surface area contributed by atoms with Crippen LogP contribution in [0.15, 0.2) is 18.2 Å². The number of carbonyl (C=O) groups excluding carboxylic acids is 1. The summed E-state index contributed by atoms with van der Waals surface area (Å²) in [6.45, 7) is 1.17. The van der Waals surface area contributed by atoms with Crippen LogP contribution in [0, 0.1) is 10.1 Å². The lowest BCUT2D eigenvalue weighted by atomic mass is 10.3. The number of nitro groups is 1. The molecule has 0 aliphatic rings. The predicted octanol–water partition coefficient (Wildman–Crippen LogP) is 1.69. The molecule has 0 fully saturated rings. The van der Waals surface area contributed by atoms with E-state index in [0.29, 0.717) is 0 Å². The van der Waals surface area contributed by atoms with Crippen LogP contribution in [-0.2, 0) is 4.79 Å². The van der Waals surface area contributed by atoms with Crippen molar-refractivity contribution < 1.29 is 14.5 Å². The van der Waals surface area contributed by atoms with E-state index in [0.717, 1.165) is 6.07 Å². The molecule has 13 heavy (non-hydrogen) atoms. The molecule has 0 heterocycles. The van der Waals surface area contributed by atoms with E-state index < -0.39 is 4.92 Å². The third kappa shape index (κ3) is 2.16. The Morgan fingerprint density at radius 3 is 2.69 bits per heavy atom. The van der Waals surface area contributed by atoms with Gasteiger partial charge in [-0.05, 0) is 6.07 Å². The largest absolute Gasteiger partial charge is 0.423 e. The fraction of sp³-hybridized carbons (Fsp3) is 0. The maximum absolute atomic E-state index is 10.3. The first-order valence-electron chi connectivity index (χ1n) is 3.13. The van der Waals surface area contributed by atoms with Crippen molar-refractivity contribution in [1.82, 2.24) is 0 Å². The summed E-state index contributed by atoms with van der Waals surface area (Å²) in [5.41, 5.74) is -0.164. The van der Waals surface area contributed by atoms with Gasteiger partial charge in [-0.3, -0.25) is 10.1 Å². The Kier molecular flexibility index (Phi) is 2.81. The van der Waals surface area contributed by atoms with Gasteiger partial charge in [-0.2, -0.15) is 0 Å². The van der Waals surface area contributed by atoms with Gasteiger partial charge in [-0.25, -0.2) is 4.79 Å². The molecule has 0 atom stereocenters. The molecule has 1 rings (SSSR count). The fourth-order valence-corrected chi connectivity index (χ4v) is 0.944. The monoisotopic (exact) mass is 200 g/mol. The fourth-order valence-electron chi connectivity index (χ4n) is 0.731. The van der Waals surface area contributed by atoms with Crippen molar-refractivity contribution in [3.8, 4) is 5.75 Å². The molecule has 0 unspecified atom stereocenters. The van der Waals surface area contributed by atoms with Crippen molar-refractivity contribution in [3.05, 3.63) is 33.3 Å². The maximum Gasteiger partial charge on any atom is 0.423 e. The minimum absolute atomic E-state index is 0.00227. The van der Waals surface area contributed by atoms with E-state index in [1.165, 1.54) is 18.6 Å². The van der Waals surface area contributed by atoms with Gasteiger partial charge in [0.15, 0.2) is 5.75 Å². The maximum atomic E-state index is 10.3. The number of hydrogen-bond acceptors (Lipinski definition) is 4. The van der Waals surface area contributed by atoms with Crippen molar-refractivity contribution in [2.75, 3.05) is 0 Å². The Morgan fingerprint density at radius 2 is 2.23 bits per heavy atom. The third-order valence-corrected chi connectivity index (χ3v) is 1.57. The zero-order chi connectivity index (χ0) is 9.84. The van der Waals surface area contributed by atoms with Gasteiger partial charge >= 0.3 is 6.47 Å². The molecule has 67 valence electrons. The molecule has 5 nitrogen and oxygen atoms in total. The molecule has 1 aromatic carbocycles. The highest BCUT2D eigenvalue weighted by Gasteiger charge is 2.09. The Labute approximate surface area is 78.0 Å². The van der Waals surface area contributed by atoms with Crippen LogP contribution in [0.25, 0.3) is 0 Å². The second-order valence-corrected chi connectivity index (χ2v) is 2.46. The van der Waals surface area contributed by atoms with Crippen LogP contribution < -0.4 is 4.74 Å². The summed E-state index contributed by atoms with van der Waals surface area (Å²) in [6.07, 6.45) is 0. The lowest BCUT2D eigenvalue weighted by molar-refractivity contribution is -0.384. The van der Waals surface area contributed by atoms with Crippen LogP contribution in [-0.4, -0.2) is 11.4 Å². The highest BCUT2D eigenvalue weighted by molar-refractivity contribution is 6.32. The smallest absolute Gasteiger partial charge is 0.416 e. The Bertz CT molecular complexity index is 352. The van der Waals surface area contributed by atoms with Gasteiger partial charge in [-0.1, -0.05) is 11.6 Å². The number of rotatable bonds is 3. The van der Waals surface area contributed by atoms with Crippen molar-refractivity contribution in [2.24, 2.45) is 0 Å². The molecule has 6 heteroatoms. The normalized spacial score (nSPS) is 9.31. The zero-order valence-electron chi connectivity index (χ0n) is 6.19. The molecule has 0 amide bonds. The van der Waals surface area contributed by atoms with Crippen LogP contribution in [0.5, 0.6) is 5.75 Å². The van der Waals surface area contributed by atoms with E-state index in [1.54, 1.807) is 0 Å². The second kappa shape index (κ2) is 3.86. The number of benzene rings is 1. The van der Waals surface area contributed by atoms with Gasteiger partial charge in [0.2, 0.25) is 0 Å². The topological polar surface area (TPSA) is 69.4 Å². The van der Waals surface area contributed by atoms with Crippen LogP contribution >= 0.6 is 11.6 Å². The molecule has 0 N–H and O–H groups in total. The van der Waals surface area contributed by atoms with Crippen LogP contribution in [0.3, 0.4) is 0 Å². The number of non-ortho nitro benzene ring substituents is 1. The van der Waals surface area contributed by atoms with E-state index in [2.05, 4.69) is 4.74 Å². The summed E-state index contributed by atoms with van der Waals surface area (Å²) in [5.74, 6) is 0.0438. The summed E-state index contributed by atoms with van der Waals surface area (Å²) in [4.78, 5) is 19.5. The molecule has 0 aromatic heterocycles. The average molecular weight is 201 g/mol. The van der Waals surface area contributed by atoms with E-state index in [1.807, 2.05) is 0 Å². The summed E-state index contributed by atoms with van der Waals surface area (Å²) in [5, 5.41) is 10.2. The van der Waals surface area contributed by atoms with Crippen LogP contribution in [0.4, 0.5) is 5.69 Å². The number of nitrogens with zero attached hydrogens (tertiary/aromatic N) is 1. The van der Waals surface area contributed by atoms with Gasteiger partial charge in [0.25, 0.3) is 5.69 Å². The van der Waals surface area contributed by atoms with Gasteiger partial charge in [0, 0.05) is 12.1 Å². The van der Waals surface area contributed by atoms with Gasteiger partial charge in [0.05, 0.1) is 9.95 Å². The molecule has 0 aliphatic heterocycles. The molecule has 0 spiro atoms. The number of ether oxygens (including phenoxy) is 1. The molecular weight excluding hydrogens is 198 g/mol. The number of hydrogen-bond donors (Lipinski definition) is 0. The molecular formula is C7H3ClNO4. The molecule has 0 saturated carbocycles. The number of halogens is 1. The molecule has 0 bridgehead atoms. The van der Waals surface area contributed by atoms with Crippen molar-refractivity contribution in [2.45, 2.75) is 0 Å². The standard InChI is InChI=1S/C7H3ClNO4/c8-6-3-5(9(11)12)1-2-7(6)13-4-10/h1-3H. The zero-order valence-corrected chi connectivity index (χ0v) is 6.95. The first-order chi connectivity index (χ1) is 6.15. The number of nitro benzene ring substituents is 1. The van der Waals surface area contributed by atoms with Crippen molar-refractivity contribution in [3.63, 3.8) is 0 Å². The Hall–Kier alpha value is -1.62. The molecule has 1 radical (unpaired) electrons. The first-order valence-corrected chi connectivity index (χ1v) is 3.51. The van der Waals surface area contributed by atoms with Crippen molar-refractivity contribution >= 4 is 23.8 Å². The van der Waals surface area contributed by atoms with Crippen LogP contribution in [0.1, 0.15) is 0 Å². The minimum Gasteiger partial charge on any atom is -0.416 e. The predicted molar refractivity (Wildman–Crippen MR) is 44.4 cm³/mol. The summed E-state index contributed by atoms with van der Waals surface area (Å²) in [7, 11) is 0. The van der Waals surface area contributed by atoms with E-state index in [-0.39, 0.29) is 16.5 Å². The highest BCUT2D eigenvalue weighted by atomic mass is 35.5. The van der Waals surface area contributed by atoms with E-state index in [9.17, 15) is 14.9 Å². The van der Waals surface area contributed by atoms with E-state index >= 15 is 0 Å². The SMILES string of the molecule is O=[C]Oc1ccc([N+](=O)[O-])cc1Cl. The first kappa shape index (κ1) is 9.47. The average Bonchev–Trinajstić information content (AvgIpc) is 2.08. The third-order valence-electron chi connectivity index (χ3n) is 1.28. The lowest BCUT2D eigenvalue weighted by Crippen LogP contribution is -1.91. The van der Waals surface area contributed by atoms with Crippen molar-refractivity contribution in [1.29, 1.82) is 0 Å². The minimum atomic E-state index is -0.597. The Balaban J connectivity index is 3.04. The van der Waals surface area contributed by atoms with Gasteiger partial charge in [-0.15, -0.1) is 0 Å². The molecule has 0 aliphatic carbocycles. The van der Waals surface area contributed by atoms with Gasteiger partial charge < -0.3 is 4.74 Å². The molecule has 1 aromatic rings. The summed E-state index contributed by atoms with van der Waals surface area (Å²) < 4.78 is 4.31. The van der Waals surface area contributed by atoms with Gasteiger partial charge in [0.1, 0.15) is 0 Å². The quantitative estimate of drug-likeness (QED) is 0.550. The van der Waals surface area contributed by atoms with E-state index in [4.69, 9.17) is 11.6 Å². The highest BCUT2D eigenvalue weighted by Crippen LogP contribution is 2.27. The second-order valence-electron chi connectivity index (χ2n) is 2.06. The Morgan fingerprint density at radius 1 is 1.54 bits per heavy atom. The lowest BCUT2D eigenvalue weighted by Gasteiger charge is -1.98. The molecule has 0 saturated heterocycles. The summed E-state index contributed by atoms with van der Waals surface area (Å²) in [6, 6.07) is 3.50. The summed E-state index contributed by atoms with van der Waals surface area (Å²) >= 11 is 5.54. The van der Waals surface area contributed by atoms with Crippen LogP contribution in [0.2, 0.25) is 5.02 Å².